The summed E-state index contributed by atoms with van der Waals surface area (Å²) in [5.74, 6) is 3.13. The van der Waals surface area contributed by atoms with Gasteiger partial charge in [0, 0.05) is 0 Å². The number of benzene rings is 1. The maximum absolute atomic E-state index is 10.9. The van der Waals surface area contributed by atoms with Crippen LogP contribution in [0.1, 0.15) is 68.6 Å². The van der Waals surface area contributed by atoms with Gasteiger partial charge in [0.25, 0.3) is 0 Å². The van der Waals surface area contributed by atoms with Crippen molar-refractivity contribution in [1.82, 2.24) is 0 Å². The number of ether oxygens (including phenoxy) is 1. The minimum Gasteiger partial charge on any atom is -0.497 e. The standard InChI is InChI=1S/C21H30O2/c1-13-11-15(23-4)12-14-5-6-16-17(19(13)14)7-9-20(2)18(16)8-10-21(20,3)22/h11-12,16-18,22H,5-10H2,1-4H3. The number of hydrogen-bond acceptors (Lipinski definition) is 2. The fraction of sp³-hybridized carbons (Fsp3) is 0.714. The van der Waals surface area contributed by atoms with E-state index in [4.69, 9.17) is 4.74 Å². The van der Waals surface area contributed by atoms with E-state index in [1.54, 1.807) is 12.7 Å². The Hall–Kier alpha value is -1.02. The zero-order chi connectivity index (χ0) is 16.4. The third kappa shape index (κ3) is 2.03. The van der Waals surface area contributed by atoms with Gasteiger partial charge in [-0.3, -0.25) is 0 Å². The van der Waals surface area contributed by atoms with Crippen LogP contribution >= 0.6 is 0 Å². The normalized spacial score (nSPS) is 41.9. The third-order valence-electron chi connectivity index (χ3n) is 7.80. The van der Waals surface area contributed by atoms with Crippen LogP contribution in [0.5, 0.6) is 5.75 Å². The molecule has 0 saturated heterocycles. The fourth-order valence-electron chi connectivity index (χ4n) is 6.30. The van der Waals surface area contributed by atoms with Crippen LogP contribution in [0.3, 0.4) is 0 Å². The van der Waals surface area contributed by atoms with E-state index in [-0.39, 0.29) is 5.41 Å². The summed E-state index contributed by atoms with van der Waals surface area (Å²) in [6.45, 7) is 6.69. The SMILES string of the molecule is COc1cc(C)c2c(c1)CCC1C2CCC2(C)C1CCC2(C)O. The molecule has 0 heterocycles. The van der Waals surface area contributed by atoms with Crippen molar-refractivity contribution in [3.8, 4) is 5.75 Å². The van der Waals surface area contributed by atoms with Crippen molar-refractivity contribution in [3.63, 3.8) is 0 Å². The average Bonchev–Trinajstić information content (AvgIpc) is 2.76. The van der Waals surface area contributed by atoms with Crippen molar-refractivity contribution in [2.75, 3.05) is 7.11 Å². The minimum absolute atomic E-state index is 0.117. The Kier molecular flexibility index (Phi) is 3.36. The van der Waals surface area contributed by atoms with E-state index >= 15 is 0 Å². The number of aryl methyl sites for hydroxylation is 2. The predicted octanol–water partition coefficient (Wildman–Crippen LogP) is 4.61. The van der Waals surface area contributed by atoms with Crippen molar-refractivity contribution in [1.29, 1.82) is 0 Å². The highest BCUT2D eigenvalue weighted by Gasteiger charge is 2.59. The van der Waals surface area contributed by atoms with E-state index < -0.39 is 5.60 Å². The molecule has 2 nitrogen and oxygen atoms in total. The Labute approximate surface area is 140 Å². The summed E-state index contributed by atoms with van der Waals surface area (Å²) in [6, 6.07) is 4.47. The quantitative estimate of drug-likeness (QED) is 0.820. The molecule has 1 aromatic carbocycles. The predicted molar refractivity (Wildman–Crippen MR) is 93.0 cm³/mol. The highest BCUT2D eigenvalue weighted by molar-refractivity contribution is 5.46. The number of rotatable bonds is 1. The second-order valence-corrected chi connectivity index (χ2v) is 8.70. The van der Waals surface area contributed by atoms with Gasteiger partial charge in [-0.1, -0.05) is 6.92 Å². The zero-order valence-corrected chi connectivity index (χ0v) is 15.0. The van der Waals surface area contributed by atoms with Crippen LogP contribution in [-0.4, -0.2) is 17.8 Å². The lowest BCUT2D eigenvalue weighted by Gasteiger charge is -2.53. The van der Waals surface area contributed by atoms with Gasteiger partial charge in [0.2, 0.25) is 0 Å². The van der Waals surface area contributed by atoms with E-state index in [1.165, 1.54) is 36.8 Å². The molecule has 0 amide bonds. The molecule has 23 heavy (non-hydrogen) atoms. The van der Waals surface area contributed by atoms with Gasteiger partial charge >= 0.3 is 0 Å². The maximum atomic E-state index is 10.9. The first kappa shape index (κ1) is 15.5. The Morgan fingerprint density at radius 1 is 1.13 bits per heavy atom. The van der Waals surface area contributed by atoms with Crippen molar-refractivity contribution in [2.45, 2.75) is 70.8 Å². The summed E-state index contributed by atoms with van der Waals surface area (Å²) in [5.41, 5.74) is 4.17. The second kappa shape index (κ2) is 4.99. The molecular weight excluding hydrogens is 284 g/mol. The monoisotopic (exact) mass is 314 g/mol. The van der Waals surface area contributed by atoms with Gasteiger partial charge in [-0.2, -0.15) is 0 Å². The lowest BCUT2D eigenvalue weighted by atomic mass is 9.53. The summed E-state index contributed by atoms with van der Waals surface area (Å²) >= 11 is 0. The van der Waals surface area contributed by atoms with Crippen LogP contribution in [0.15, 0.2) is 12.1 Å². The zero-order valence-electron chi connectivity index (χ0n) is 15.0. The molecule has 0 aliphatic heterocycles. The molecule has 1 N–H and O–H groups in total. The first-order chi connectivity index (χ1) is 10.9. The average molecular weight is 314 g/mol. The summed E-state index contributed by atoms with van der Waals surface area (Å²) in [4.78, 5) is 0. The van der Waals surface area contributed by atoms with Crippen LogP contribution in [0.2, 0.25) is 0 Å². The largest absolute Gasteiger partial charge is 0.497 e. The summed E-state index contributed by atoms with van der Waals surface area (Å²) in [5, 5.41) is 10.9. The Bertz CT molecular complexity index is 633. The first-order valence-corrected chi connectivity index (χ1v) is 9.27. The van der Waals surface area contributed by atoms with Crippen LogP contribution in [0.4, 0.5) is 0 Å². The number of hydrogen-bond donors (Lipinski definition) is 1. The lowest BCUT2D eigenvalue weighted by Crippen LogP contribution is -2.49. The number of fused-ring (bicyclic) bond motifs is 5. The Balaban J connectivity index is 1.73. The molecule has 0 bridgehead atoms. The molecule has 4 rings (SSSR count). The maximum Gasteiger partial charge on any atom is 0.119 e. The molecule has 0 aromatic heterocycles. The molecule has 5 unspecified atom stereocenters. The van der Waals surface area contributed by atoms with Gasteiger partial charge in [-0.05, 0) is 104 Å². The fourth-order valence-corrected chi connectivity index (χ4v) is 6.30. The van der Waals surface area contributed by atoms with Crippen molar-refractivity contribution in [3.05, 3.63) is 28.8 Å². The van der Waals surface area contributed by atoms with E-state index in [1.807, 2.05) is 0 Å². The summed E-state index contributed by atoms with van der Waals surface area (Å²) in [6.07, 6.45) is 7.02. The molecule has 3 aliphatic carbocycles. The summed E-state index contributed by atoms with van der Waals surface area (Å²) < 4.78 is 5.48. The molecule has 2 saturated carbocycles. The van der Waals surface area contributed by atoms with Crippen molar-refractivity contribution in [2.24, 2.45) is 17.3 Å². The third-order valence-corrected chi connectivity index (χ3v) is 7.80. The number of aliphatic hydroxyl groups is 1. The van der Waals surface area contributed by atoms with Crippen molar-refractivity contribution < 1.29 is 9.84 Å². The summed E-state index contributed by atoms with van der Waals surface area (Å²) in [7, 11) is 1.76. The van der Waals surface area contributed by atoms with Crippen molar-refractivity contribution >= 4 is 0 Å². The first-order valence-electron chi connectivity index (χ1n) is 9.27. The smallest absolute Gasteiger partial charge is 0.119 e. The van der Waals surface area contributed by atoms with Gasteiger partial charge in [-0.15, -0.1) is 0 Å². The van der Waals surface area contributed by atoms with E-state index in [9.17, 15) is 5.11 Å². The molecule has 0 radical (unpaired) electrons. The van der Waals surface area contributed by atoms with Crippen LogP contribution in [-0.2, 0) is 6.42 Å². The van der Waals surface area contributed by atoms with Gasteiger partial charge in [0.1, 0.15) is 5.75 Å². The van der Waals surface area contributed by atoms with E-state index in [0.717, 1.165) is 24.5 Å². The Morgan fingerprint density at radius 3 is 2.65 bits per heavy atom. The van der Waals surface area contributed by atoms with Gasteiger partial charge in [-0.25, -0.2) is 0 Å². The molecule has 126 valence electrons. The van der Waals surface area contributed by atoms with Gasteiger partial charge in [0.15, 0.2) is 0 Å². The van der Waals surface area contributed by atoms with Crippen LogP contribution in [0, 0.1) is 24.2 Å². The highest BCUT2D eigenvalue weighted by Crippen LogP contribution is 2.64. The molecule has 2 fully saturated rings. The molecule has 5 atom stereocenters. The Morgan fingerprint density at radius 2 is 1.91 bits per heavy atom. The number of methoxy groups -OCH3 is 1. The molecular formula is C21H30O2. The molecule has 2 heteroatoms. The highest BCUT2D eigenvalue weighted by atomic mass is 16.5. The van der Waals surface area contributed by atoms with Gasteiger partial charge < -0.3 is 9.84 Å². The van der Waals surface area contributed by atoms with E-state index in [0.29, 0.717) is 11.8 Å². The van der Waals surface area contributed by atoms with Crippen LogP contribution < -0.4 is 4.74 Å². The van der Waals surface area contributed by atoms with Crippen LogP contribution in [0.25, 0.3) is 0 Å². The molecule has 3 aliphatic rings. The molecule has 1 aromatic rings. The minimum atomic E-state index is -0.474. The topological polar surface area (TPSA) is 29.5 Å². The molecule has 0 spiro atoms. The van der Waals surface area contributed by atoms with E-state index in [2.05, 4.69) is 32.9 Å². The lowest BCUT2D eigenvalue weighted by molar-refractivity contribution is -0.0902. The van der Waals surface area contributed by atoms with Gasteiger partial charge in [0.05, 0.1) is 12.7 Å². The second-order valence-electron chi connectivity index (χ2n) is 8.70.